The third-order valence-corrected chi connectivity index (χ3v) is 4.09. The molecule has 3 rings (SSSR count). The third-order valence-electron chi connectivity index (χ3n) is 3.76. The van der Waals surface area contributed by atoms with Crippen molar-refractivity contribution in [1.82, 2.24) is 14.8 Å². The lowest BCUT2D eigenvalue weighted by Gasteiger charge is -2.32. The van der Waals surface area contributed by atoms with Gasteiger partial charge in [0.1, 0.15) is 5.82 Å². The number of nitrogens with two attached hydrogens (primary N) is 1. The minimum Gasteiger partial charge on any atom is -0.384 e. The van der Waals surface area contributed by atoms with Crippen LogP contribution < -0.4 is 5.73 Å². The zero-order chi connectivity index (χ0) is 13.4. The van der Waals surface area contributed by atoms with Gasteiger partial charge < -0.3 is 5.73 Å². The fourth-order valence-corrected chi connectivity index (χ4v) is 2.94. The fourth-order valence-electron chi connectivity index (χ4n) is 2.74. The highest BCUT2D eigenvalue weighted by Crippen LogP contribution is 2.35. The Hall–Kier alpha value is -1.55. The molecule has 1 fully saturated rings. The quantitative estimate of drug-likeness (QED) is 0.936. The lowest BCUT2D eigenvalue weighted by Crippen LogP contribution is -2.26. The number of pyridine rings is 1. The van der Waals surface area contributed by atoms with Crippen LogP contribution in [0.25, 0.3) is 11.3 Å². The van der Waals surface area contributed by atoms with E-state index in [0.717, 1.165) is 23.7 Å². The summed E-state index contributed by atoms with van der Waals surface area (Å²) in [6.45, 7) is 3.18. The summed E-state index contributed by atoms with van der Waals surface area (Å²) in [5.41, 5.74) is 7.65. The molecule has 100 valence electrons. The van der Waals surface area contributed by atoms with E-state index in [1.54, 1.807) is 18.5 Å². The van der Waals surface area contributed by atoms with Gasteiger partial charge in [0.05, 0.1) is 10.7 Å². The van der Waals surface area contributed by atoms with Gasteiger partial charge in [0.25, 0.3) is 0 Å². The first-order valence-corrected chi connectivity index (χ1v) is 6.94. The summed E-state index contributed by atoms with van der Waals surface area (Å²) in [6, 6.07) is 3.63. The molecule has 0 amide bonds. The van der Waals surface area contributed by atoms with Crippen LogP contribution in [0.2, 0.25) is 5.02 Å². The van der Waals surface area contributed by atoms with E-state index in [2.05, 4.69) is 17.0 Å². The number of halogens is 1. The first-order chi connectivity index (χ1) is 9.13. The van der Waals surface area contributed by atoms with Crippen molar-refractivity contribution in [3.8, 4) is 11.3 Å². The summed E-state index contributed by atoms with van der Waals surface area (Å²) < 4.78 is 1.88. The molecule has 2 heterocycles. The summed E-state index contributed by atoms with van der Waals surface area (Å²) in [6.07, 6.45) is 5.92. The molecule has 0 bridgehead atoms. The smallest absolute Gasteiger partial charge is 0.122 e. The van der Waals surface area contributed by atoms with Gasteiger partial charge in [-0.1, -0.05) is 18.5 Å². The monoisotopic (exact) mass is 276 g/mol. The highest BCUT2D eigenvalue weighted by atomic mass is 35.5. The Morgan fingerprint density at radius 2 is 2.26 bits per heavy atom. The number of aromatic nitrogens is 3. The maximum absolute atomic E-state index is 6.15. The van der Waals surface area contributed by atoms with Crippen LogP contribution in [0.15, 0.2) is 24.5 Å². The number of anilines is 1. The Morgan fingerprint density at radius 1 is 1.47 bits per heavy atom. The normalized spacial score (nSPS) is 22.2. The van der Waals surface area contributed by atoms with E-state index in [9.17, 15) is 0 Å². The van der Waals surface area contributed by atoms with Crippen molar-refractivity contribution in [2.75, 3.05) is 5.73 Å². The molecule has 1 aliphatic rings. The van der Waals surface area contributed by atoms with Gasteiger partial charge in [-0.2, -0.15) is 5.10 Å². The minimum absolute atomic E-state index is 0.650. The summed E-state index contributed by atoms with van der Waals surface area (Å²) in [5.74, 6) is 2.23. The second-order valence-electron chi connectivity index (χ2n) is 5.43. The topological polar surface area (TPSA) is 56.7 Å². The SMILES string of the molecule is CC1CC(Cn2nc(-c3cnccc3Cl)cc2N)C1. The molecule has 5 heteroatoms. The Bertz CT molecular complexity index is 587. The maximum Gasteiger partial charge on any atom is 0.122 e. The van der Waals surface area contributed by atoms with E-state index in [1.807, 2.05) is 10.7 Å². The molecule has 2 aromatic rings. The van der Waals surface area contributed by atoms with Crippen LogP contribution in [0.4, 0.5) is 5.82 Å². The van der Waals surface area contributed by atoms with Crippen molar-refractivity contribution in [3.05, 3.63) is 29.5 Å². The molecule has 2 aromatic heterocycles. The molecule has 0 radical (unpaired) electrons. The van der Waals surface area contributed by atoms with Gasteiger partial charge in [-0.3, -0.25) is 4.98 Å². The number of nitrogens with zero attached hydrogens (tertiary/aromatic N) is 3. The Morgan fingerprint density at radius 3 is 2.95 bits per heavy atom. The van der Waals surface area contributed by atoms with Crippen molar-refractivity contribution in [2.24, 2.45) is 11.8 Å². The van der Waals surface area contributed by atoms with Crippen molar-refractivity contribution in [2.45, 2.75) is 26.3 Å². The number of nitrogen functional groups attached to an aromatic ring is 1. The molecule has 0 spiro atoms. The number of hydrogen-bond donors (Lipinski definition) is 1. The first-order valence-electron chi connectivity index (χ1n) is 6.56. The van der Waals surface area contributed by atoms with Gasteiger partial charge in [-0.25, -0.2) is 4.68 Å². The van der Waals surface area contributed by atoms with E-state index in [1.165, 1.54) is 12.8 Å². The van der Waals surface area contributed by atoms with Crippen LogP contribution >= 0.6 is 11.6 Å². The summed E-state index contributed by atoms with van der Waals surface area (Å²) in [4.78, 5) is 4.08. The molecule has 4 nitrogen and oxygen atoms in total. The number of rotatable bonds is 3. The lowest BCUT2D eigenvalue weighted by atomic mass is 9.76. The van der Waals surface area contributed by atoms with Gasteiger partial charge in [-0.05, 0) is 30.7 Å². The second-order valence-corrected chi connectivity index (χ2v) is 5.84. The van der Waals surface area contributed by atoms with Crippen LogP contribution in [0.5, 0.6) is 0 Å². The molecule has 1 aliphatic carbocycles. The average molecular weight is 277 g/mol. The van der Waals surface area contributed by atoms with Gasteiger partial charge in [0, 0.05) is 30.6 Å². The Kier molecular flexibility index (Phi) is 3.19. The van der Waals surface area contributed by atoms with E-state index < -0.39 is 0 Å². The second kappa shape index (κ2) is 4.85. The standard InChI is InChI=1S/C14H17ClN4/c1-9-4-10(5-9)8-19-14(16)6-13(18-19)11-7-17-3-2-12(11)15/h2-3,6-7,9-10H,4-5,8,16H2,1H3. The molecule has 0 saturated heterocycles. The zero-order valence-electron chi connectivity index (χ0n) is 10.9. The predicted molar refractivity (Wildman–Crippen MR) is 76.8 cm³/mol. The van der Waals surface area contributed by atoms with Gasteiger partial charge >= 0.3 is 0 Å². The van der Waals surface area contributed by atoms with E-state index >= 15 is 0 Å². The van der Waals surface area contributed by atoms with Crippen LogP contribution in [0.3, 0.4) is 0 Å². The van der Waals surface area contributed by atoms with Crippen molar-refractivity contribution < 1.29 is 0 Å². The van der Waals surface area contributed by atoms with Crippen molar-refractivity contribution >= 4 is 17.4 Å². The van der Waals surface area contributed by atoms with Crippen LogP contribution in [-0.2, 0) is 6.54 Å². The summed E-state index contributed by atoms with van der Waals surface area (Å²) >= 11 is 6.15. The van der Waals surface area contributed by atoms with E-state index in [4.69, 9.17) is 17.3 Å². The Labute approximate surface area is 117 Å². The van der Waals surface area contributed by atoms with Gasteiger partial charge in [-0.15, -0.1) is 0 Å². The van der Waals surface area contributed by atoms with Crippen LogP contribution in [0, 0.1) is 11.8 Å². The number of hydrogen-bond acceptors (Lipinski definition) is 3. The summed E-state index contributed by atoms with van der Waals surface area (Å²) in [5, 5.41) is 5.20. The third kappa shape index (κ3) is 2.45. The zero-order valence-corrected chi connectivity index (χ0v) is 11.6. The highest BCUT2D eigenvalue weighted by molar-refractivity contribution is 6.33. The molecule has 1 saturated carbocycles. The molecule has 0 aromatic carbocycles. The van der Waals surface area contributed by atoms with E-state index in [0.29, 0.717) is 16.8 Å². The first kappa shape index (κ1) is 12.5. The molecular formula is C14H17ClN4. The molecular weight excluding hydrogens is 260 g/mol. The lowest BCUT2D eigenvalue weighted by molar-refractivity contribution is 0.183. The largest absolute Gasteiger partial charge is 0.384 e. The molecule has 0 atom stereocenters. The molecule has 19 heavy (non-hydrogen) atoms. The highest BCUT2D eigenvalue weighted by Gasteiger charge is 2.26. The van der Waals surface area contributed by atoms with Crippen LogP contribution in [0.1, 0.15) is 19.8 Å². The molecule has 0 aliphatic heterocycles. The molecule has 2 N–H and O–H groups in total. The van der Waals surface area contributed by atoms with Gasteiger partial charge in [0.15, 0.2) is 0 Å². The average Bonchev–Trinajstić information content (AvgIpc) is 2.69. The summed E-state index contributed by atoms with van der Waals surface area (Å²) in [7, 11) is 0. The fraction of sp³-hybridized carbons (Fsp3) is 0.429. The molecule has 0 unspecified atom stereocenters. The van der Waals surface area contributed by atoms with E-state index in [-0.39, 0.29) is 0 Å². The minimum atomic E-state index is 0.650. The van der Waals surface area contributed by atoms with Gasteiger partial charge in [0.2, 0.25) is 0 Å². The van der Waals surface area contributed by atoms with Crippen molar-refractivity contribution in [3.63, 3.8) is 0 Å². The Balaban J connectivity index is 1.83. The predicted octanol–water partition coefficient (Wildman–Crippen LogP) is 3.23. The van der Waals surface area contributed by atoms with Crippen molar-refractivity contribution in [1.29, 1.82) is 0 Å². The maximum atomic E-state index is 6.15. The van der Waals surface area contributed by atoms with Crippen LogP contribution in [-0.4, -0.2) is 14.8 Å².